The summed E-state index contributed by atoms with van der Waals surface area (Å²) in [6.45, 7) is 8.32. The zero-order valence-corrected chi connectivity index (χ0v) is 21.9. The van der Waals surface area contributed by atoms with E-state index in [1.54, 1.807) is 0 Å². The molecule has 0 saturated carbocycles. The van der Waals surface area contributed by atoms with E-state index in [2.05, 4.69) is 15.4 Å². The Kier molecular flexibility index (Phi) is 9.14. The van der Waals surface area contributed by atoms with Crippen molar-refractivity contribution in [3.05, 3.63) is 57.9 Å². The first-order valence-electron chi connectivity index (χ1n) is 12.0. The van der Waals surface area contributed by atoms with Gasteiger partial charge in [0, 0.05) is 29.2 Å². The zero-order chi connectivity index (χ0) is 26.3. The summed E-state index contributed by atoms with van der Waals surface area (Å²) in [6, 6.07) is 7.53. The Hall–Kier alpha value is -3.33. The number of carbonyl (C=O) groups is 2. The number of benzene rings is 1. The van der Waals surface area contributed by atoms with Gasteiger partial charge in [-0.05, 0) is 58.2 Å². The first-order valence-corrected chi connectivity index (χ1v) is 12.4. The van der Waals surface area contributed by atoms with Crippen LogP contribution >= 0.6 is 11.6 Å². The van der Waals surface area contributed by atoms with Gasteiger partial charge in [-0.15, -0.1) is 0 Å². The van der Waals surface area contributed by atoms with Crippen molar-refractivity contribution in [3.63, 3.8) is 0 Å². The average Bonchev–Trinajstić information content (AvgIpc) is 3.21. The summed E-state index contributed by atoms with van der Waals surface area (Å²) in [5.74, 6) is -0.597. The number of alkyl carbamates (subject to hydrolysis) is 1. The molecule has 2 heterocycles. The van der Waals surface area contributed by atoms with E-state index in [-0.39, 0.29) is 11.2 Å². The van der Waals surface area contributed by atoms with E-state index in [1.165, 1.54) is 10.7 Å². The molecule has 0 bridgehead atoms. The summed E-state index contributed by atoms with van der Waals surface area (Å²) in [4.78, 5) is 27.8. The van der Waals surface area contributed by atoms with Crippen LogP contribution in [0, 0.1) is 6.92 Å². The number of nitrogens with zero attached hydrogens (tertiary/aromatic N) is 3. The van der Waals surface area contributed by atoms with Crippen LogP contribution in [0.25, 0.3) is 5.65 Å². The Labute approximate surface area is 215 Å². The van der Waals surface area contributed by atoms with E-state index in [1.807, 2.05) is 52.0 Å². The molecular formula is C26H33ClN4O5. The fraction of sp³-hybridized carbons (Fsp3) is 0.462. The van der Waals surface area contributed by atoms with Gasteiger partial charge in [0.1, 0.15) is 11.2 Å². The number of rotatable bonds is 11. The van der Waals surface area contributed by atoms with Crippen LogP contribution in [0.1, 0.15) is 73.6 Å². The van der Waals surface area contributed by atoms with Crippen LogP contribution in [0.2, 0.25) is 5.02 Å². The number of hydrogen-bond donors (Lipinski definition) is 2. The molecule has 36 heavy (non-hydrogen) atoms. The van der Waals surface area contributed by atoms with Gasteiger partial charge in [-0.2, -0.15) is 9.61 Å². The lowest BCUT2D eigenvalue weighted by Crippen LogP contribution is -2.32. The van der Waals surface area contributed by atoms with Gasteiger partial charge in [-0.3, -0.25) is 0 Å². The third-order valence-electron chi connectivity index (χ3n) is 5.41. The molecular weight excluding hydrogens is 484 g/mol. The second-order valence-electron chi connectivity index (χ2n) is 9.57. The van der Waals surface area contributed by atoms with Crippen molar-refractivity contribution in [2.24, 2.45) is 0 Å². The third kappa shape index (κ3) is 7.58. The smallest absolute Gasteiger partial charge is 0.407 e. The number of aromatic nitrogens is 3. The molecule has 1 aromatic carbocycles. The first-order chi connectivity index (χ1) is 17.0. The van der Waals surface area contributed by atoms with Crippen LogP contribution in [-0.4, -0.2) is 50.5 Å². The van der Waals surface area contributed by atoms with Crippen molar-refractivity contribution in [2.45, 2.75) is 65.4 Å². The first kappa shape index (κ1) is 27.3. The maximum Gasteiger partial charge on any atom is 0.407 e. The standard InChI is InChI=1S/C26H33ClN4O5/c1-17-20(15-18-9-11-19(27)12-10-18)23(31-22(30-17)21(16-29-31)24(32)33)35-14-8-6-5-7-13-28-25(34)36-26(2,3)4/h9-12,16H,5-8,13-15H2,1-4H3,(H,28,34)(H,32,33). The Morgan fingerprint density at radius 2 is 1.81 bits per heavy atom. The quantitative estimate of drug-likeness (QED) is 0.326. The summed E-state index contributed by atoms with van der Waals surface area (Å²) >= 11 is 6.02. The number of aromatic carboxylic acids is 1. The maximum absolute atomic E-state index is 11.7. The fourth-order valence-electron chi connectivity index (χ4n) is 3.67. The molecule has 0 fully saturated rings. The Morgan fingerprint density at radius 3 is 2.47 bits per heavy atom. The van der Waals surface area contributed by atoms with Gasteiger partial charge in [0.05, 0.1) is 12.8 Å². The lowest BCUT2D eigenvalue weighted by Gasteiger charge is -2.19. The topological polar surface area (TPSA) is 115 Å². The molecule has 3 aromatic rings. The van der Waals surface area contributed by atoms with E-state index in [0.29, 0.717) is 36.2 Å². The highest BCUT2D eigenvalue weighted by atomic mass is 35.5. The molecule has 0 radical (unpaired) electrons. The van der Waals surface area contributed by atoms with E-state index >= 15 is 0 Å². The van der Waals surface area contributed by atoms with Gasteiger partial charge in [-0.25, -0.2) is 14.6 Å². The molecule has 2 N–H and O–H groups in total. The largest absolute Gasteiger partial charge is 0.477 e. The fourth-order valence-corrected chi connectivity index (χ4v) is 3.80. The lowest BCUT2D eigenvalue weighted by molar-refractivity contribution is 0.0526. The maximum atomic E-state index is 11.7. The summed E-state index contributed by atoms with van der Waals surface area (Å²) < 4.78 is 12.9. The molecule has 0 atom stereocenters. The predicted octanol–water partition coefficient (Wildman–Crippen LogP) is 5.44. The van der Waals surface area contributed by atoms with Crippen LogP contribution in [0.15, 0.2) is 30.5 Å². The van der Waals surface area contributed by atoms with E-state index < -0.39 is 17.7 Å². The van der Waals surface area contributed by atoms with Gasteiger partial charge in [0.25, 0.3) is 0 Å². The van der Waals surface area contributed by atoms with E-state index in [4.69, 9.17) is 21.1 Å². The van der Waals surface area contributed by atoms with Crippen molar-refractivity contribution in [1.29, 1.82) is 0 Å². The van der Waals surface area contributed by atoms with Crippen LogP contribution in [0.4, 0.5) is 4.79 Å². The zero-order valence-electron chi connectivity index (χ0n) is 21.1. The molecule has 1 amide bonds. The number of aryl methyl sites for hydroxylation is 1. The number of hydrogen-bond acceptors (Lipinski definition) is 6. The summed E-state index contributed by atoms with van der Waals surface area (Å²) in [5, 5.41) is 17.2. The van der Waals surface area contributed by atoms with Gasteiger partial charge in [0.15, 0.2) is 5.65 Å². The molecule has 10 heteroatoms. The second kappa shape index (κ2) is 12.1. The van der Waals surface area contributed by atoms with Crippen molar-refractivity contribution in [2.75, 3.05) is 13.2 Å². The minimum atomic E-state index is -1.09. The molecule has 0 aliphatic heterocycles. The number of carboxylic acids is 1. The molecule has 0 aliphatic carbocycles. The van der Waals surface area contributed by atoms with Crippen molar-refractivity contribution in [1.82, 2.24) is 19.9 Å². The summed E-state index contributed by atoms with van der Waals surface area (Å²) in [6.07, 6.45) is 4.89. The normalized spacial score (nSPS) is 11.5. The molecule has 0 saturated heterocycles. The number of amides is 1. The number of carbonyl (C=O) groups excluding carboxylic acids is 1. The monoisotopic (exact) mass is 516 g/mol. The Balaban J connectivity index is 1.62. The van der Waals surface area contributed by atoms with Gasteiger partial charge < -0.3 is 19.9 Å². The molecule has 9 nitrogen and oxygen atoms in total. The number of fused-ring (bicyclic) bond motifs is 1. The SMILES string of the molecule is Cc1nc2c(C(=O)O)cnn2c(OCCCCCCNC(=O)OC(C)(C)C)c1Cc1ccc(Cl)cc1. The third-order valence-corrected chi connectivity index (χ3v) is 5.66. The lowest BCUT2D eigenvalue weighted by atomic mass is 10.0. The van der Waals surface area contributed by atoms with Crippen LogP contribution < -0.4 is 10.1 Å². The van der Waals surface area contributed by atoms with Crippen LogP contribution in [0.5, 0.6) is 5.88 Å². The number of halogens is 1. The van der Waals surface area contributed by atoms with Crippen LogP contribution in [-0.2, 0) is 11.2 Å². The molecule has 0 aliphatic rings. The van der Waals surface area contributed by atoms with Crippen LogP contribution in [0.3, 0.4) is 0 Å². The molecule has 0 spiro atoms. The molecule has 194 valence electrons. The van der Waals surface area contributed by atoms with Crippen molar-refractivity contribution in [3.8, 4) is 5.88 Å². The molecule has 0 unspecified atom stereocenters. The molecule has 2 aromatic heterocycles. The van der Waals surface area contributed by atoms with Crippen molar-refractivity contribution < 1.29 is 24.2 Å². The average molecular weight is 517 g/mol. The number of ether oxygens (including phenoxy) is 2. The van der Waals surface area contributed by atoms with Gasteiger partial charge in [0.2, 0.25) is 5.88 Å². The highest BCUT2D eigenvalue weighted by molar-refractivity contribution is 6.30. The van der Waals surface area contributed by atoms with E-state index in [0.717, 1.165) is 36.8 Å². The Bertz CT molecular complexity index is 1200. The van der Waals surface area contributed by atoms with Gasteiger partial charge in [-0.1, -0.05) is 36.6 Å². The highest BCUT2D eigenvalue weighted by Gasteiger charge is 2.21. The highest BCUT2D eigenvalue weighted by Crippen LogP contribution is 2.27. The summed E-state index contributed by atoms with van der Waals surface area (Å²) in [5.41, 5.74) is 2.32. The summed E-state index contributed by atoms with van der Waals surface area (Å²) in [7, 11) is 0. The number of carboxylic acid groups (broad SMARTS) is 1. The number of unbranched alkanes of at least 4 members (excludes halogenated alkanes) is 3. The van der Waals surface area contributed by atoms with E-state index in [9.17, 15) is 14.7 Å². The minimum absolute atomic E-state index is 0.0264. The minimum Gasteiger partial charge on any atom is -0.477 e. The Morgan fingerprint density at radius 1 is 1.11 bits per heavy atom. The van der Waals surface area contributed by atoms with Crippen molar-refractivity contribution >= 4 is 29.3 Å². The molecule has 3 rings (SSSR count). The van der Waals surface area contributed by atoms with Gasteiger partial charge >= 0.3 is 12.1 Å². The second-order valence-corrected chi connectivity index (χ2v) is 10.0. The predicted molar refractivity (Wildman–Crippen MR) is 137 cm³/mol. The number of nitrogens with one attached hydrogen (secondary N) is 1.